The van der Waals surface area contributed by atoms with Crippen LogP contribution < -0.4 is 10.6 Å². The molecule has 0 radical (unpaired) electrons. The molecule has 5 nitrogen and oxygen atoms in total. The summed E-state index contributed by atoms with van der Waals surface area (Å²) in [6, 6.07) is -0.0186. The van der Waals surface area contributed by atoms with Gasteiger partial charge in [0.1, 0.15) is 5.82 Å². The van der Waals surface area contributed by atoms with Gasteiger partial charge in [-0.1, -0.05) is 6.92 Å². The van der Waals surface area contributed by atoms with Crippen molar-refractivity contribution in [1.82, 2.24) is 20.6 Å². The standard InChI is InChI=1S/C12H20N4O/c1-3-9(10-14-6-7-15-10)16-11(17)12(2)4-5-13-8-12/h6-7,9,13H,3-5,8H2,1-2H3,(H,14,15)(H,16,17). The van der Waals surface area contributed by atoms with Crippen LogP contribution in [0.5, 0.6) is 0 Å². The van der Waals surface area contributed by atoms with Crippen molar-refractivity contribution in [3.05, 3.63) is 18.2 Å². The monoisotopic (exact) mass is 236 g/mol. The molecule has 1 saturated heterocycles. The van der Waals surface area contributed by atoms with Crippen LogP contribution in [0.4, 0.5) is 0 Å². The predicted octanol–water partition coefficient (Wildman–Crippen LogP) is 0.977. The maximum atomic E-state index is 12.2. The zero-order chi connectivity index (χ0) is 12.3. The van der Waals surface area contributed by atoms with E-state index >= 15 is 0 Å². The van der Waals surface area contributed by atoms with Gasteiger partial charge in [-0.25, -0.2) is 4.98 Å². The Balaban J connectivity index is 2.02. The molecule has 0 aromatic carbocycles. The number of aromatic nitrogens is 2. The third-order valence-corrected chi connectivity index (χ3v) is 3.48. The molecule has 0 saturated carbocycles. The molecule has 0 aliphatic carbocycles. The quantitative estimate of drug-likeness (QED) is 0.729. The molecule has 0 spiro atoms. The number of imidazole rings is 1. The van der Waals surface area contributed by atoms with E-state index in [1.807, 2.05) is 13.8 Å². The van der Waals surface area contributed by atoms with Gasteiger partial charge in [0.05, 0.1) is 11.5 Å². The first kappa shape index (κ1) is 12.1. The Labute approximate surface area is 101 Å². The number of nitrogens with one attached hydrogen (secondary N) is 3. The molecule has 5 heteroatoms. The number of aromatic amines is 1. The molecule has 3 N–H and O–H groups in total. The average Bonchev–Trinajstić information content (AvgIpc) is 2.97. The van der Waals surface area contributed by atoms with Crippen molar-refractivity contribution in [2.45, 2.75) is 32.7 Å². The molecule has 17 heavy (non-hydrogen) atoms. The molecule has 94 valence electrons. The summed E-state index contributed by atoms with van der Waals surface area (Å²) in [6.45, 7) is 5.73. The molecule has 2 heterocycles. The van der Waals surface area contributed by atoms with Crippen LogP contribution in [-0.4, -0.2) is 29.0 Å². The zero-order valence-corrected chi connectivity index (χ0v) is 10.4. The highest BCUT2D eigenvalue weighted by atomic mass is 16.2. The van der Waals surface area contributed by atoms with E-state index in [4.69, 9.17) is 0 Å². The lowest BCUT2D eigenvalue weighted by molar-refractivity contribution is -0.130. The molecule has 1 amide bonds. The molecule has 1 aliphatic heterocycles. The number of amides is 1. The van der Waals surface area contributed by atoms with Crippen molar-refractivity contribution in [1.29, 1.82) is 0 Å². The third kappa shape index (κ3) is 2.49. The average molecular weight is 236 g/mol. The topological polar surface area (TPSA) is 69.8 Å². The number of hydrogen-bond acceptors (Lipinski definition) is 3. The van der Waals surface area contributed by atoms with Gasteiger partial charge in [0.15, 0.2) is 0 Å². The second-order valence-electron chi connectivity index (χ2n) is 4.90. The van der Waals surface area contributed by atoms with E-state index in [1.54, 1.807) is 12.4 Å². The second-order valence-corrected chi connectivity index (χ2v) is 4.90. The van der Waals surface area contributed by atoms with Crippen LogP contribution in [0.2, 0.25) is 0 Å². The van der Waals surface area contributed by atoms with Gasteiger partial charge in [-0.3, -0.25) is 4.79 Å². The van der Waals surface area contributed by atoms with Crippen molar-refractivity contribution >= 4 is 5.91 Å². The molecule has 0 bridgehead atoms. The van der Waals surface area contributed by atoms with Gasteiger partial charge in [-0.15, -0.1) is 0 Å². The Morgan fingerprint density at radius 3 is 3.06 bits per heavy atom. The van der Waals surface area contributed by atoms with Gasteiger partial charge in [-0.05, 0) is 26.3 Å². The Kier molecular flexibility index (Phi) is 3.47. The third-order valence-electron chi connectivity index (χ3n) is 3.48. The Hall–Kier alpha value is -1.36. The zero-order valence-electron chi connectivity index (χ0n) is 10.4. The largest absolute Gasteiger partial charge is 0.347 e. The fourth-order valence-electron chi connectivity index (χ4n) is 2.18. The van der Waals surface area contributed by atoms with Crippen LogP contribution in [0, 0.1) is 5.41 Å². The number of hydrogen-bond donors (Lipinski definition) is 3. The van der Waals surface area contributed by atoms with Crippen molar-refractivity contribution in [3.8, 4) is 0 Å². The summed E-state index contributed by atoms with van der Waals surface area (Å²) in [5, 5.41) is 6.31. The lowest BCUT2D eigenvalue weighted by Crippen LogP contribution is -2.42. The smallest absolute Gasteiger partial charge is 0.227 e. The van der Waals surface area contributed by atoms with Crippen LogP contribution >= 0.6 is 0 Å². The SMILES string of the molecule is CCC(NC(=O)C1(C)CCNC1)c1ncc[nH]1. The van der Waals surface area contributed by atoms with Gasteiger partial charge in [0.25, 0.3) is 0 Å². The number of carbonyl (C=O) groups is 1. The summed E-state index contributed by atoms with van der Waals surface area (Å²) in [5.41, 5.74) is -0.278. The molecular formula is C12H20N4O. The van der Waals surface area contributed by atoms with Crippen LogP contribution in [0.25, 0.3) is 0 Å². The van der Waals surface area contributed by atoms with Crippen LogP contribution in [-0.2, 0) is 4.79 Å². The summed E-state index contributed by atoms with van der Waals surface area (Å²) >= 11 is 0. The second kappa shape index (κ2) is 4.87. The summed E-state index contributed by atoms with van der Waals surface area (Å²) in [6.07, 6.45) is 5.22. The molecule has 1 aliphatic rings. The lowest BCUT2D eigenvalue weighted by atomic mass is 9.88. The van der Waals surface area contributed by atoms with Crippen molar-refractivity contribution < 1.29 is 4.79 Å². The van der Waals surface area contributed by atoms with E-state index in [0.717, 1.165) is 31.8 Å². The van der Waals surface area contributed by atoms with Gasteiger partial charge in [0.2, 0.25) is 5.91 Å². The Morgan fingerprint density at radius 1 is 1.71 bits per heavy atom. The predicted molar refractivity (Wildman–Crippen MR) is 65.4 cm³/mol. The highest BCUT2D eigenvalue weighted by molar-refractivity contribution is 5.83. The molecular weight excluding hydrogens is 216 g/mol. The maximum absolute atomic E-state index is 12.2. The molecule has 1 aromatic rings. The van der Waals surface area contributed by atoms with Crippen LogP contribution in [0.3, 0.4) is 0 Å². The van der Waals surface area contributed by atoms with Gasteiger partial charge >= 0.3 is 0 Å². The van der Waals surface area contributed by atoms with E-state index < -0.39 is 0 Å². The first-order valence-corrected chi connectivity index (χ1v) is 6.16. The van der Waals surface area contributed by atoms with E-state index in [-0.39, 0.29) is 17.4 Å². The maximum Gasteiger partial charge on any atom is 0.227 e. The van der Waals surface area contributed by atoms with Gasteiger partial charge in [-0.2, -0.15) is 0 Å². The Bertz CT molecular complexity index is 368. The first-order chi connectivity index (χ1) is 8.15. The van der Waals surface area contributed by atoms with E-state index in [1.165, 1.54) is 0 Å². The highest BCUT2D eigenvalue weighted by Gasteiger charge is 2.37. The van der Waals surface area contributed by atoms with Crippen molar-refractivity contribution in [2.24, 2.45) is 5.41 Å². The van der Waals surface area contributed by atoms with Crippen molar-refractivity contribution in [2.75, 3.05) is 13.1 Å². The lowest BCUT2D eigenvalue weighted by Gasteiger charge is -2.24. The van der Waals surface area contributed by atoms with E-state index in [9.17, 15) is 4.79 Å². The summed E-state index contributed by atoms with van der Waals surface area (Å²) in [5.74, 6) is 0.946. The molecule has 1 aromatic heterocycles. The van der Waals surface area contributed by atoms with Crippen LogP contribution in [0.1, 0.15) is 38.6 Å². The van der Waals surface area contributed by atoms with E-state index in [0.29, 0.717) is 0 Å². The minimum absolute atomic E-state index is 0.0186. The number of nitrogens with zero attached hydrogens (tertiary/aromatic N) is 1. The minimum Gasteiger partial charge on any atom is -0.347 e. The fourth-order valence-corrected chi connectivity index (χ4v) is 2.18. The minimum atomic E-state index is -0.278. The van der Waals surface area contributed by atoms with Gasteiger partial charge < -0.3 is 15.6 Å². The normalized spacial score (nSPS) is 25.8. The molecule has 2 atom stereocenters. The Morgan fingerprint density at radius 2 is 2.53 bits per heavy atom. The van der Waals surface area contributed by atoms with E-state index in [2.05, 4.69) is 20.6 Å². The summed E-state index contributed by atoms with van der Waals surface area (Å²) < 4.78 is 0. The van der Waals surface area contributed by atoms with Crippen LogP contribution in [0.15, 0.2) is 12.4 Å². The summed E-state index contributed by atoms with van der Waals surface area (Å²) in [4.78, 5) is 19.5. The molecule has 1 fully saturated rings. The number of rotatable bonds is 4. The number of carbonyl (C=O) groups excluding carboxylic acids is 1. The molecule has 2 unspecified atom stereocenters. The summed E-state index contributed by atoms with van der Waals surface area (Å²) in [7, 11) is 0. The highest BCUT2D eigenvalue weighted by Crippen LogP contribution is 2.26. The fraction of sp³-hybridized carbons (Fsp3) is 0.667. The first-order valence-electron chi connectivity index (χ1n) is 6.16. The number of H-pyrrole nitrogens is 1. The van der Waals surface area contributed by atoms with Crippen molar-refractivity contribution in [3.63, 3.8) is 0 Å². The molecule has 2 rings (SSSR count). The van der Waals surface area contributed by atoms with Gasteiger partial charge in [0, 0.05) is 18.9 Å².